The second-order valence-corrected chi connectivity index (χ2v) is 5.73. The molecule has 0 saturated carbocycles. The maximum absolute atomic E-state index is 6.12. The molecule has 1 heterocycles. The van der Waals surface area contributed by atoms with E-state index in [4.69, 9.17) is 16.3 Å². The van der Waals surface area contributed by atoms with E-state index in [0.717, 1.165) is 38.5 Å². The van der Waals surface area contributed by atoms with Gasteiger partial charge in [0.2, 0.25) is 0 Å². The smallest absolute Gasteiger partial charge is 0.138 e. The molecule has 3 nitrogen and oxygen atoms in total. The highest BCUT2D eigenvalue weighted by atomic mass is 35.5. The number of piperazine rings is 1. The van der Waals surface area contributed by atoms with Crippen LogP contribution in [0.1, 0.15) is 13.8 Å². The summed E-state index contributed by atoms with van der Waals surface area (Å²) in [4.78, 5) is 2.42. The van der Waals surface area contributed by atoms with E-state index < -0.39 is 0 Å². The van der Waals surface area contributed by atoms with Crippen LogP contribution < -0.4 is 10.1 Å². The van der Waals surface area contributed by atoms with E-state index in [1.807, 2.05) is 24.3 Å². The normalized spacial score (nSPS) is 17.7. The first kappa shape index (κ1) is 13.7. The van der Waals surface area contributed by atoms with Crippen LogP contribution in [0.2, 0.25) is 5.02 Å². The van der Waals surface area contributed by atoms with Gasteiger partial charge >= 0.3 is 0 Å². The Morgan fingerprint density at radius 2 is 1.94 bits per heavy atom. The highest BCUT2D eigenvalue weighted by molar-refractivity contribution is 6.32. The van der Waals surface area contributed by atoms with Gasteiger partial charge in [-0.25, -0.2) is 0 Å². The fraction of sp³-hybridized carbons (Fsp3) is 0.571. The summed E-state index contributed by atoms with van der Waals surface area (Å²) < 4.78 is 6.04. The monoisotopic (exact) mass is 268 g/mol. The van der Waals surface area contributed by atoms with Gasteiger partial charge in [-0.05, 0) is 26.0 Å². The summed E-state index contributed by atoms with van der Waals surface area (Å²) in [6.07, 6.45) is 0. The number of halogens is 1. The molecule has 100 valence electrons. The second kappa shape index (κ2) is 5.91. The maximum Gasteiger partial charge on any atom is 0.138 e. The average molecular weight is 269 g/mol. The third-order valence-corrected chi connectivity index (χ3v) is 3.35. The summed E-state index contributed by atoms with van der Waals surface area (Å²) in [6, 6.07) is 7.64. The Kier molecular flexibility index (Phi) is 4.49. The molecule has 1 N–H and O–H groups in total. The topological polar surface area (TPSA) is 24.5 Å². The zero-order chi connectivity index (χ0) is 13.0. The predicted octanol–water partition coefficient (Wildman–Crippen LogP) is 2.40. The number of ether oxygens (including phenoxy) is 1. The summed E-state index contributed by atoms with van der Waals surface area (Å²) in [7, 11) is 0. The molecular weight excluding hydrogens is 248 g/mol. The van der Waals surface area contributed by atoms with Gasteiger partial charge in [0.15, 0.2) is 0 Å². The van der Waals surface area contributed by atoms with Gasteiger partial charge in [0.1, 0.15) is 11.4 Å². The molecule has 1 aromatic rings. The molecule has 2 rings (SSSR count). The molecule has 0 amide bonds. The van der Waals surface area contributed by atoms with E-state index in [2.05, 4.69) is 24.1 Å². The second-order valence-electron chi connectivity index (χ2n) is 5.32. The molecule has 0 radical (unpaired) electrons. The Bertz CT molecular complexity index is 389. The number of nitrogens with zero attached hydrogens (tertiary/aromatic N) is 1. The Labute approximate surface area is 114 Å². The van der Waals surface area contributed by atoms with Gasteiger partial charge in [0.25, 0.3) is 0 Å². The summed E-state index contributed by atoms with van der Waals surface area (Å²) >= 11 is 6.12. The third-order valence-electron chi connectivity index (χ3n) is 3.04. The van der Waals surface area contributed by atoms with Crippen LogP contribution in [0, 0.1) is 0 Å². The lowest BCUT2D eigenvalue weighted by atomic mass is 10.1. The van der Waals surface area contributed by atoms with Crippen LogP contribution in [-0.4, -0.2) is 43.2 Å². The first-order valence-electron chi connectivity index (χ1n) is 6.43. The zero-order valence-electron chi connectivity index (χ0n) is 11.1. The third kappa shape index (κ3) is 3.87. The summed E-state index contributed by atoms with van der Waals surface area (Å²) in [5.74, 6) is 0.763. The molecular formula is C14H21ClN2O. The molecule has 0 aromatic heterocycles. The number of hydrogen-bond donors (Lipinski definition) is 1. The zero-order valence-corrected chi connectivity index (χ0v) is 11.8. The van der Waals surface area contributed by atoms with Crippen LogP contribution in [-0.2, 0) is 0 Å². The quantitative estimate of drug-likeness (QED) is 0.908. The fourth-order valence-corrected chi connectivity index (χ4v) is 2.44. The van der Waals surface area contributed by atoms with E-state index in [1.54, 1.807) is 0 Å². The first-order valence-corrected chi connectivity index (χ1v) is 6.81. The van der Waals surface area contributed by atoms with E-state index in [-0.39, 0.29) is 5.60 Å². The fourth-order valence-electron chi connectivity index (χ4n) is 2.27. The van der Waals surface area contributed by atoms with Crippen molar-refractivity contribution >= 4 is 11.6 Å². The molecule has 1 aromatic carbocycles. The molecule has 4 heteroatoms. The van der Waals surface area contributed by atoms with Gasteiger partial charge < -0.3 is 10.1 Å². The number of hydrogen-bond acceptors (Lipinski definition) is 3. The van der Waals surface area contributed by atoms with Gasteiger partial charge in [0, 0.05) is 32.7 Å². The molecule has 0 bridgehead atoms. The molecule has 18 heavy (non-hydrogen) atoms. The molecule has 1 aliphatic heterocycles. The maximum atomic E-state index is 6.12. The molecule has 1 aliphatic rings. The standard InChI is InChI=1S/C14H21ClN2O/c1-14(2,11-17-9-7-16-8-10-17)18-13-6-4-3-5-12(13)15/h3-6,16H,7-11H2,1-2H3. The summed E-state index contributed by atoms with van der Waals surface area (Å²) in [5, 5.41) is 4.03. The predicted molar refractivity (Wildman–Crippen MR) is 75.5 cm³/mol. The van der Waals surface area contributed by atoms with Gasteiger partial charge in [-0.15, -0.1) is 0 Å². The lowest BCUT2D eigenvalue weighted by molar-refractivity contribution is 0.0548. The molecule has 0 unspecified atom stereocenters. The number of rotatable bonds is 4. The number of nitrogens with one attached hydrogen (secondary N) is 1. The van der Waals surface area contributed by atoms with Crippen LogP contribution in [0.4, 0.5) is 0 Å². The summed E-state index contributed by atoms with van der Waals surface area (Å²) in [6.45, 7) is 9.41. The van der Waals surface area contributed by atoms with Gasteiger partial charge in [-0.3, -0.25) is 4.90 Å². The van der Waals surface area contributed by atoms with E-state index >= 15 is 0 Å². The van der Waals surface area contributed by atoms with Crippen molar-refractivity contribution in [3.8, 4) is 5.75 Å². The molecule has 0 spiro atoms. The van der Waals surface area contributed by atoms with Gasteiger partial charge in [0.05, 0.1) is 5.02 Å². The van der Waals surface area contributed by atoms with Gasteiger partial charge in [-0.1, -0.05) is 23.7 Å². The highest BCUT2D eigenvalue weighted by Crippen LogP contribution is 2.27. The molecule has 1 fully saturated rings. The van der Waals surface area contributed by atoms with Crippen LogP contribution in [0.5, 0.6) is 5.75 Å². The number of para-hydroxylation sites is 1. The van der Waals surface area contributed by atoms with Crippen molar-refractivity contribution in [2.24, 2.45) is 0 Å². The Morgan fingerprint density at radius 3 is 2.61 bits per heavy atom. The highest BCUT2D eigenvalue weighted by Gasteiger charge is 2.25. The Balaban J connectivity index is 1.96. The van der Waals surface area contributed by atoms with Crippen LogP contribution in [0.3, 0.4) is 0 Å². The van der Waals surface area contributed by atoms with Crippen LogP contribution >= 0.6 is 11.6 Å². The number of benzene rings is 1. The molecule has 1 saturated heterocycles. The van der Waals surface area contributed by atoms with Crippen molar-refractivity contribution in [1.29, 1.82) is 0 Å². The Hall–Kier alpha value is -0.770. The minimum absolute atomic E-state index is 0.234. The first-order chi connectivity index (χ1) is 8.57. The van der Waals surface area contributed by atoms with E-state index in [0.29, 0.717) is 5.02 Å². The molecule has 0 aliphatic carbocycles. The van der Waals surface area contributed by atoms with Crippen molar-refractivity contribution < 1.29 is 4.74 Å². The average Bonchev–Trinajstić information content (AvgIpc) is 2.32. The van der Waals surface area contributed by atoms with E-state index in [1.165, 1.54) is 0 Å². The van der Waals surface area contributed by atoms with Crippen molar-refractivity contribution in [1.82, 2.24) is 10.2 Å². The van der Waals surface area contributed by atoms with Crippen LogP contribution in [0.25, 0.3) is 0 Å². The van der Waals surface area contributed by atoms with Crippen molar-refractivity contribution in [3.63, 3.8) is 0 Å². The van der Waals surface area contributed by atoms with E-state index in [9.17, 15) is 0 Å². The SMILES string of the molecule is CC(C)(CN1CCNCC1)Oc1ccccc1Cl. The van der Waals surface area contributed by atoms with Crippen molar-refractivity contribution in [3.05, 3.63) is 29.3 Å². The van der Waals surface area contributed by atoms with Gasteiger partial charge in [-0.2, -0.15) is 0 Å². The van der Waals surface area contributed by atoms with Crippen molar-refractivity contribution in [2.75, 3.05) is 32.7 Å². The minimum atomic E-state index is -0.234. The molecule has 0 atom stereocenters. The lowest BCUT2D eigenvalue weighted by Crippen LogP contribution is -2.50. The lowest BCUT2D eigenvalue weighted by Gasteiger charge is -2.35. The largest absolute Gasteiger partial charge is 0.485 e. The summed E-state index contributed by atoms with van der Waals surface area (Å²) in [5.41, 5.74) is -0.234. The van der Waals surface area contributed by atoms with Crippen LogP contribution in [0.15, 0.2) is 24.3 Å². The minimum Gasteiger partial charge on any atom is -0.485 e. The Morgan fingerprint density at radius 1 is 1.28 bits per heavy atom. The van der Waals surface area contributed by atoms with Crippen molar-refractivity contribution in [2.45, 2.75) is 19.4 Å².